The molecule has 0 radical (unpaired) electrons. The van der Waals surface area contributed by atoms with Crippen LogP contribution < -0.4 is 10.2 Å². The number of carbonyl (C=O) groups is 1. The Morgan fingerprint density at radius 1 is 1.28 bits per heavy atom. The van der Waals surface area contributed by atoms with Crippen LogP contribution in [0.25, 0.3) is 0 Å². The van der Waals surface area contributed by atoms with Crippen molar-refractivity contribution in [2.24, 2.45) is 0 Å². The summed E-state index contributed by atoms with van der Waals surface area (Å²) in [5.74, 6) is 0.428. The number of nitrogens with one attached hydrogen (secondary N) is 2. The number of piperazine rings is 1. The molecule has 2 atom stereocenters. The molecule has 1 amide bonds. The molecule has 7 nitrogen and oxygen atoms in total. The molecule has 0 unspecified atom stereocenters. The first kappa shape index (κ1) is 22.2. The number of quaternary nitrogens is 1. The first-order valence-electron chi connectivity index (χ1n) is 10.7. The van der Waals surface area contributed by atoms with Crippen molar-refractivity contribution in [2.75, 3.05) is 45.9 Å². The minimum atomic E-state index is -3.48. The fraction of sp³-hybridized carbons (Fsp3) is 0.667. The van der Waals surface area contributed by atoms with Gasteiger partial charge in [-0.1, -0.05) is 26.0 Å². The van der Waals surface area contributed by atoms with Gasteiger partial charge < -0.3 is 15.0 Å². The lowest BCUT2D eigenvalue weighted by atomic mass is 9.99. The highest BCUT2D eigenvalue weighted by atomic mass is 32.2. The van der Waals surface area contributed by atoms with E-state index in [1.807, 2.05) is 12.1 Å². The van der Waals surface area contributed by atoms with Crippen molar-refractivity contribution in [3.8, 4) is 0 Å². The monoisotopic (exact) mass is 424 g/mol. The van der Waals surface area contributed by atoms with Crippen LogP contribution in [0.4, 0.5) is 0 Å². The maximum Gasteiger partial charge on any atom is 0.275 e. The molecule has 8 heteroatoms. The standard InChI is InChI=1S/C21H33N3O4S/c1-3-17(2)18-6-8-20(9-7-18)29(26,27)24-12-10-23(11-13-24)16-21(25)22-15-19-5-4-14-28-19/h6-9,17,19H,3-5,10-16H2,1-2H3,(H,22,25)/p+1/t17-,19+/m1/s1. The molecule has 0 bridgehead atoms. The maximum absolute atomic E-state index is 12.9. The topological polar surface area (TPSA) is 80.2 Å². The van der Waals surface area contributed by atoms with Gasteiger partial charge in [-0.2, -0.15) is 4.31 Å². The van der Waals surface area contributed by atoms with E-state index >= 15 is 0 Å². The lowest BCUT2D eigenvalue weighted by Crippen LogP contribution is -3.15. The van der Waals surface area contributed by atoms with Crippen LogP contribution in [0.5, 0.6) is 0 Å². The summed E-state index contributed by atoms with van der Waals surface area (Å²) in [5, 5.41) is 2.94. The number of sulfonamides is 1. The Labute approximate surface area is 174 Å². The van der Waals surface area contributed by atoms with Crippen LogP contribution >= 0.6 is 0 Å². The Morgan fingerprint density at radius 3 is 2.55 bits per heavy atom. The van der Waals surface area contributed by atoms with Crippen LogP contribution in [0.3, 0.4) is 0 Å². The molecule has 162 valence electrons. The van der Waals surface area contributed by atoms with E-state index in [2.05, 4.69) is 19.2 Å². The van der Waals surface area contributed by atoms with Crippen molar-refractivity contribution in [3.05, 3.63) is 29.8 Å². The van der Waals surface area contributed by atoms with Crippen LogP contribution in [0.2, 0.25) is 0 Å². The molecule has 3 rings (SSSR count). The van der Waals surface area contributed by atoms with Gasteiger partial charge in [0.15, 0.2) is 6.54 Å². The second-order valence-corrected chi connectivity index (χ2v) is 10.1. The highest BCUT2D eigenvalue weighted by Crippen LogP contribution is 2.22. The third kappa shape index (κ3) is 5.78. The van der Waals surface area contributed by atoms with Crippen molar-refractivity contribution >= 4 is 15.9 Å². The molecule has 29 heavy (non-hydrogen) atoms. The third-order valence-corrected chi connectivity index (χ3v) is 8.00. The van der Waals surface area contributed by atoms with Gasteiger partial charge in [-0.25, -0.2) is 8.42 Å². The first-order chi connectivity index (χ1) is 13.9. The molecule has 2 fully saturated rings. The third-order valence-electron chi connectivity index (χ3n) is 6.09. The van der Waals surface area contributed by atoms with Crippen molar-refractivity contribution in [3.63, 3.8) is 0 Å². The molecular weight excluding hydrogens is 390 g/mol. The Hall–Kier alpha value is -1.48. The SMILES string of the molecule is CC[C@@H](C)c1ccc(S(=O)(=O)N2CC[NH+](CC(=O)NC[C@@H]3CCCO3)CC2)cc1. The van der Waals surface area contributed by atoms with Gasteiger partial charge in [0.1, 0.15) is 0 Å². The summed E-state index contributed by atoms with van der Waals surface area (Å²) in [5.41, 5.74) is 1.16. The molecule has 2 aliphatic heterocycles. The number of benzene rings is 1. The number of hydrogen-bond donors (Lipinski definition) is 2. The molecule has 2 saturated heterocycles. The number of rotatable bonds is 8. The van der Waals surface area contributed by atoms with Gasteiger partial charge in [0.25, 0.3) is 5.91 Å². The van der Waals surface area contributed by atoms with Crippen LogP contribution in [0.1, 0.15) is 44.6 Å². The van der Waals surface area contributed by atoms with E-state index in [0.29, 0.717) is 50.1 Å². The Kier molecular flexibility index (Phi) is 7.67. The smallest absolute Gasteiger partial charge is 0.275 e. The van der Waals surface area contributed by atoms with E-state index in [1.54, 1.807) is 16.4 Å². The summed E-state index contributed by atoms with van der Waals surface area (Å²) in [4.78, 5) is 13.6. The van der Waals surface area contributed by atoms with Gasteiger partial charge in [-0.3, -0.25) is 4.79 Å². The zero-order valence-electron chi connectivity index (χ0n) is 17.5. The van der Waals surface area contributed by atoms with Crippen LogP contribution in [0, 0.1) is 0 Å². The Bertz CT molecular complexity index is 768. The van der Waals surface area contributed by atoms with Gasteiger partial charge in [0.05, 0.1) is 37.2 Å². The number of amides is 1. The summed E-state index contributed by atoms with van der Waals surface area (Å²) in [7, 11) is -3.48. The van der Waals surface area contributed by atoms with Crippen molar-refractivity contribution in [2.45, 2.75) is 50.0 Å². The molecule has 2 N–H and O–H groups in total. The lowest BCUT2D eigenvalue weighted by molar-refractivity contribution is -0.895. The van der Waals surface area contributed by atoms with E-state index in [0.717, 1.165) is 36.3 Å². The zero-order chi connectivity index (χ0) is 20.9. The number of nitrogens with zero attached hydrogens (tertiary/aromatic N) is 1. The molecule has 1 aromatic rings. The van der Waals surface area contributed by atoms with Crippen LogP contribution in [0.15, 0.2) is 29.2 Å². The molecule has 1 aromatic carbocycles. The Morgan fingerprint density at radius 2 is 1.97 bits per heavy atom. The Balaban J connectivity index is 1.48. The predicted octanol–water partition coefficient (Wildman–Crippen LogP) is 0.385. The van der Waals surface area contributed by atoms with E-state index in [9.17, 15) is 13.2 Å². The molecule has 0 saturated carbocycles. The zero-order valence-corrected chi connectivity index (χ0v) is 18.3. The van der Waals surface area contributed by atoms with E-state index in [-0.39, 0.29) is 12.0 Å². The van der Waals surface area contributed by atoms with Gasteiger partial charge in [0.2, 0.25) is 10.0 Å². The highest BCUT2D eigenvalue weighted by Gasteiger charge is 2.31. The molecule has 0 spiro atoms. The lowest BCUT2D eigenvalue weighted by Gasteiger charge is -2.31. The van der Waals surface area contributed by atoms with Crippen LogP contribution in [-0.2, 0) is 19.6 Å². The molecule has 0 aromatic heterocycles. The van der Waals surface area contributed by atoms with E-state index < -0.39 is 10.0 Å². The first-order valence-corrected chi connectivity index (χ1v) is 12.2. The van der Waals surface area contributed by atoms with E-state index in [1.165, 1.54) is 0 Å². The van der Waals surface area contributed by atoms with Gasteiger partial charge in [-0.15, -0.1) is 0 Å². The summed E-state index contributed by atoms with van der Waals surface area (Å²) in [6.45, 7) is 8.14. The summed E-state index contributed by atoms with van der Waals surface area (Å²) < 4.78 is 32.9. The maximum atomic E-state index is 12.9. The highest BCUT2D eigenvalue weighted by molar-refractivity contribution is 7.89. The van der Waals surface area contributed by atoms with Crippen LogP contribution in [-0.4, -0.2) is 70.6 Å². The molecule has 2 heterocycles. The van der Waals surface area contributed by atoms with Gasteiger partial charge in [0, 0.05) is 13.2 Å². The number of carbonyl (C=O) groups excluding carboxylic acids is 1. The average Bonchev–Trinajstić information content (AvgIpc) is 3.26. The number of ether oxygens (including phenoxy) is 1. The summed E-state index contributed by atoms with van der Waals surface area (Å²) in [6, 6.07) is 7.27. The van der Waals surface area contributed by atoms with Crippen molar-refractivity contribution < 1.29 is 22.8 Å². The number of hydrogen-bond acceptors (Lipinski definition) is 4. The predicted molar refractivity (Wildman–Crippen MR) is 111 cm³/mol. The minimum Gasteiger partial charge on any atom is -0.376 e. The normalized spacial score (nSPS) is 22.5. The second-order valence-electron chi connectivity index (χ2n) is 8.15. The van der Waals surface area contributed by atoms with Crippen molar-refractivity contribution in [1.82, 2.24) is 9.62 Å². The second kappa shape index (κ2) is 10.0. The molecule has 2 aliphatic rings. The average molecular weight is 425 g/mol. The van der Waals surface area contributed by atoms with E-state index in [4.69, 9.17) is 4.74 Å². The summed E-state index contributed by atoms with van der Waals surface area (Å²) >= 11 is 0. The summed E-state index contributed by atoms with van der Waals surface area (Å²) in [6.07, 6.45) is 3.23. The van der Waals surface area contributed by atoms with Gasteiger partial charge in [-0.05, 0) is 42.9 Å². The molecule has 0 aliphatic carbocycles. The molecular formula is C21H34N3O4S+. The van der Waals surface area contributed by atoms with Crippen molar-refractivity contribution in [1.29, 1.82) is 0 Å². The largest absolute Gasteiger partial charge is 0.376 e. The van der Waals surface area contributed by atoms with Gasteiger partial charge >= 0.3 is 0 Å². The minimum absolute atomic E-state index is 0.00689. The fourth-order valence-electron chi connectivity index (χ4n) is 3.90. The quantitative estimate of drug-likeness (QED) is 0.633. The fourth-order valence-corrected chi connectivity index (χ4v) is 5.34.